The maximum atomic E-state index is 10.8. The van der Waals surface area contributed by atoms with Crippen molar-refractivity contribution >= 4 is 11.8 Å². The number of rotatable bonds is 15. The smallest absolute Gasteiger partial charge is 0.372 e. The third-order valence-corrected chi connectivity index (χ3v) is 3.55. The summed E-state index contributed by atoms with van der Waals surface area (Å²) < 4.78 is 0. The summed E-state index contributed by atoms with van der Waals surface area (Å²) in [6, 6.07) is 0. The summed E-state index contributed by atoms with van der Waals surface area (Å²) >= 11 is 0. The molecule has 0 unspecified atom stereocenters. The van der Waals surface area contributed by atoms with E-state index in [-0.39, 0.29) is 6.42 Å². The SMILES string of the molecule is CCCCCCCCC=CCC=CCC=CCCC(=O)C(=O)O. The molecular weight excluding hydrogens is 288 g/mol. The third kappa shape index (κ3) is 16.6. The summed E-state index contributed by atoms with van der Waals surface area (Å²) in [5.41, 5.74) is 0. The Balaban J connectivity index is 3.41. The van der Waals surface area contributed by atoms with E-state index < -0.39 is 11.8 Å². The number of carboxylic acid groups (broad SMARTS) is 1. The monoisotopic (exact) mass is 320 g/mol. The molecule has 0 saturated carbocycles. The molecule has 0 aromatic heterocycles. The number of hydrogen-bond donors (Lipinski definition) is 1. The lowest BCUT2D eigenvalue weighted by molar-refractivity contribution is -0.149. The van der Waals surface area contributed by atoms with E-state index in [0.717, 1.165) is 12.8 Å². The Morgan fingerprint density at radius 3 is 1.87 bits per heavy atom. The molecule has 3 nitrogen and oxygen atoms in total. The highest BCUT2D eigenvalue weighted by atomic mass is 16.4. The average molecular weight is 320 g/mol. The molecule has 0 amide bonds. The van der Waals surface area contributed by atoms with Gasteiger partial charge in [-0.3, -0.25) is 4.79 Å². The highest BCUT2D eigenvalue weighted by Gasteiger charge is 2.08. The Morgan fingerprint density at radius 1 is 0.739 bits per heavy atom. The van der Waals surface area contributed by atoms with Crippen LogP contribution < -0.4 is 0 Å². The maximum Gasteiger partial charge on any atom is 0.372 e. The molecule has 0 aromatic carbocycles. The topological polar surface area (TPSA) is 54.4 Å². The van der Waals surface area contributed by atoms with Crippen LogP contribution in [-0.2, 0) is 9.59 Å². The summed E-state index contributed by atoms with van der Waals surface area (Å²) in [4.78, 5) is 21.1. The number of carboxylic acids is 1. The molecule has 0 rings (SSSR count). The first-order valence-corrected chi connectivity index (χ1v) is 8.89. The summed E-state index contributed by atoms with van der Waals surface area (Å²) in [7, 11) is 0. The molecule has 3 heteroatoms. The van der Waals surface area contributed by atoms with E-state index in [1.807, 2.05) is 12.2 Å². The number of ketones is 1. The molecule has 0 aromatic rings. The summed E-state index contributed by atoms with van der Waals surface area (Å²) in [6.07, 6.45) is 24.1. The Labute approximate surface area is 141 Å². The van der Waals surface area contributed by atoms with Crippen molar-refractivity contribution in [2.24, 2.45) is 0 Å². The second kappa shape index (κ2) is 16.7. The number of allylic oxidation sites excluding steroid dienone is 6. The van der Waals surface area contributed by atoms with Crippen LogP contribution in [0.4, 0.5) is 0 Å². The fraction of sp³-hybridized carbons (Fsp3) is 0.600. The van der Waals surface area contributed by atoms with Crippen LogP contribution in [0.2, 0.25) is 0 Å². The highest BCUT2D eigenvalue weighted by Crippen LogP contribution is 2.07. The standard InChI is InChI=1S/C20H32O3/c1-2-3-4-5-6-7-8-9-10-11-12-13-14-15-16-17-18-19(21)20(22)23/h9-10,12-13,15-16H,2-8,11,14,17-18H2,1H3,(H,22,23). The van der Waals surface area contributed by atoms with Crippen LogP contribution >= 0.6 is 0 Å². The van der Waals surface area contributed by atoms with Crippen molar-refractivity contribution in [2.45, 2.75) is 77.6 Å². The molecule has 23 heavy (non-hydrogen) atoms. The molecule has 130 valence electrons. The Bertz CT molecular complexity index is 392. The van der Waals surface area contributed by atoms with Crippen molar-refractivity contribution < 1.29 is 14.7 Å². The normalized spacial score (nSPS) is 11.9. The molecular formula is C20H32O3. The van der Waals surface area contributed by atoms with Gasteiger partial charge in [-0.05, 0) is 32.1 Å². The van der Waals surface area contributed by atoms with Crippen molar-refractivity contribution in [3.8, 4) is 0 Å². The van der Waals surface area contributed by atoms with Gasteiger partial charge >= 0.3 is 5.97 Å². The van der Waals surface area contributed by atoms with Gasteiger partial charge in [-0.25, -0.2) is 4.79 Å². The minimum atomic E-state index is -1.34. The Kier molecular flexibility index (Phi) is 15.5. The first-order valence-electron chi connectivity index (χ1n) is 8.89. The van der Waals surface area contributed by atoms with Crippen molar-refractivity contribution in [3.05, 3.63) is 36.5 Å². The van der Waals surface area contributed by atoms with Crippen LogP contribution in [-0.4, -0.2) is 16.9 Å². The third-order valence-electron chi connectivity index (χ3n) is 3.55. The zero-order chi connectivity index (χ0) is 17.2. The summed E-state index contributed by atoms with van der Waals surface area (Å²) in [5, 5.41) is 8.42. The van der Waals surface area contributed by atoms with E-state index in [0.29, 0.717) is 6.42 Å². The van der Waals surface area contributed by atoms with Crippen LogP contribution in [0.5, 0.6) is 0 Å². The second-order valence-electron chi connectivity index (χ2n) is 5.71. The minimum absolute atomic E-state index is 0.0801. The maximum absolute atomic E-state index is 10.8. The molecule has 0 saturated heterocycles. The summed E-state index contributed by atoms with van der Waals surface area (Å²) in [5.74, 6) is -2.06. The van der Waals surface area contributed by atoms with Gasteiger partial charge in [0.1, 0.15) is 0 Å². The number of unbranched alkanes of at least 4 members (excludes halogenated alkanes) is 6. The van der Waals surface area contributed by atoms with E-state index >= 15 is 0 Å². The lowest BCUT2D eigenvalue weighted by Gasteiger charge is -1.97. The predicted octanol–water partition coefficient (Wildman–Crippen LogP) is 5.62. The zero-order valence-corrected chi connectivity index (χ0v) is 14.5. The summed E-state index contributed by atoms with van der Waals surface area (Å²) in [6.45, 7) is 2.24. The molecule has 0 heterocycles. The number of aliphatic carboxylic acids is 1. The first-order chi connectivity index (χ1) is 11.2. The van der Waals surface area contributed by atoms with Crippen molar-refractivity contribution in [1.82, 2.24) is 0 Å². The van der Waals surface area contributed by atoms with Crippen LogP contribution in [0.1, 0.15) is 77.6 Å². The number of carbonyl (C=O) groups is 2. The lowest BCUT2D eigenvalue weighted by Crippen LogP contribution is -2.11. The quantitative estimate of drug-likeness (QED) is 0.242. The first kappa shape index (κ1) is 21.4. The molecule has 0 spiro atoms. The predicted molar refractivity (Wildman–Crippen MR) is 96.5 cm³/mol. The van der Waals surface area contributed by atoms with Crippen LogP contribution in [0.3, 0.4) is 0 Å². The zero-order valence-electron chi connectivity index (χ0n) is 14.5. The molecule has 0 bridgehead atoms. The van der Waals surface area contributed by atoms with Crippen molar-refractivity contribution in [1.29, 1.82) is 0 Å². The fourth-order valence-electron chi connectivity index (χ4n) is 2.14. The Hall–Kier alpha value is -1.64. The van der Waals surface area contributed by atoms with Gasteiger partial charge in [0, 0.05) is 6.42 Å². The minimum Gasteiger partial charge on any atom is -0.476 e. The highest BCUT2D eigenvalue weighted by molar-refractivity contribution is 6.32. The lowest BCUT2D eigenvalue weighted by atomic mass is 10.1. The van der Waals surface area contributed by atoms with Gasteiger partial charge in [-0.2, -0.15) is 0 Å². The fourth-order valence-corrected chi connectivity index (χ4v) is 2.14. The van der Waals surface area contributed by atoms with Crippen LogP contribution in [0.25, 0.3) is 0 Å². The largest absolute Gasteiger partial charge is 0.476 e. The second-order valence-corrected chi connectivity index (χ2v) is 5.71. The number of hydrogen-bond acceptors (Lipinski definition) is 2. The van der Waals surface area contributed by atoms with E-state index in [1.165, 1.54) is 44.9 Å². The molecule has 1 N–H and O–H groups in total. The number of carbonyl (C=O) groups excluding carboxylic acids is 1. The number of Topliss-reactive ketones (excluding diaryl/α,β-unsaturated/α-hetero) is 1. The molecule has 0 aliphatic rings. The average Bonchev–Trinajstić information content (AvgIpc) is 2.54. The molecule has 0 aliphatic heterocycles. The van der Waals surface area contributed by atoms with Crippen molar-refractivity contribution in [2.75, 3.05) is 0 Å². The molecule has 0 aliphatic carbocycles. The van der Waals surface area contributed by atoms with E-state index in [4.69, 9.17) is 5.11 Å². The van der Waals surface area contributed by atoms with Crippen LogP contribution in [0.15, 0.2) is 36.5 Å². The van der Waals surface area contributed by atoms with Gasteiger partial charge < -0.3 is 5.11 Å². The van der Waals surface area contributed by atoms with E-state index in [2.05, 4.69) is 31.2 Å². The van der Waals surface area contributed by atoms with Crippen molar-refractivity contribution in [3.63, 3.8) is 0 Å². The molecule has 0 fully saturated rings. The van der Waals surface area contributed by atoms with E-state index in [1.54, 1.807) is 0 Å². The Morgan fingerprint density at radius 2 is 1.26 bits per heavy atom. The van der Waals surface area contributed by atoms with E-state index in [9.17, 15) is 9.59 Å². The van der Waals surface area contributed by atoms with Crippen LogP contribution in [0, 0.1) is 0 Å². The van der Waals surface area contributed by atoms with Gasteiger partial charge in [-0.1, -0.05) is 75.5 Å². The van der Waals surface area contributed by atoms with Gasteiger partial charge in [-0.15, -0.1) is 0 Å². The van der Waals surface area contributed by atoms with Gasteiger partial charge in [0.05, 0.1) is 0 Å². The molecule has 0 radical (unpaired) electrons. The van der Waals surface area contributed by atoms with Gasteiger partial charge in [0.2, 0.25) is 5.78 Å². The van der Waals surface area contributed by atoms with Gasteiger partial charge in [0.25, 0.3) is 0 Å². The van der Waals surface area contributed by atoms with Gasteiger partial charge in [0.15, 0.2) is 0 Å². The molecule has 0 atom stereocenters.